The molecule has 12 heteroatoms. The van der Waals surface area contributed by atoms with Crippen molar-refractivity contribution in [3.8, 4) is 0 Å². The van der Waals surface area contributed by atoms with Crippen molar-refractivity contribution in [2.24, 2.45) is 4.99 Å². The van der Waals surface area contributed by atoms with E-state index in [0.717, 1.165) is 19.6 Å². The second-order valence-electron chi connectivity index (χ2n) is 9.58. The van der Waals surface area contributed by atoms with Crippen LogP contribution in [0, 0.1) is 10.1 Å². The summed E-state index contributed by atoms with van der Waals surface area (Å²) in [6.07, 6.45) is 0.0529. The van der Waals surface area contributed by atoms with Gasteiger partial charge in [-0.3, -0.25) is 19.8 Å². The van der Waals surface area contributed by atoms with Crippen molar-refractivity contribution in [2.45, 2.75) is 19.4 Å². The van der Waals surface area contributed by atoms with E-state index in [4.69, 9.17) is 14.5 Å². The third-order valence-electron chi connectivity index (χ3n) is 6.95. The van der Waals surface area contributed by atoms with E-state index in [1.807, 2.05) is 40.6 Å². The third kappa shape index (κ3) is 6.50. The van der Waals surface area contributed by atoms with E-state index in [0.29, 0.717) is 47.4 Å². The number of amides is 1. The number of hydrogen-bond acceptors (Lipinski definition) is 10. The van der Waals surface area contributed by atoms with Gasteiger partial charge in [0.1, 0.15) is 0 Å². The summed E-state index contributed by atoms with van der Waals surface area (Å²) in [5, 5.41) is 17.1. The first-order chi connectivity index (χ1) is 20.0. The molecule has 2 aromatic carbocycles. The largest absolute Gasteiger partial charge is 0.463 e. The topological polar surface area (TPSA) is 127 Å². The summed E-state index contributed by atoms with van der Waals surface area (Å²) in [7, 11) is 0. The van der Waals surface area contributed by atoms with E-state index in [9.17, 15) is 19.7 Å². The van der Waals surface area contributed by atoms with Crippen LogP contribution in [-0.4, -0.2) is 77.8 Å². The van der Waals surface area contributed by atoms with Gasteiger partial charge in [-0.05, 0) is 17.9 Å². The molecule has 1 fully saturated rings. The van der Waals surface area contributed by atoms with E-state index in [-0.39, 0.29) is 30.2 Å². The quantitative estimate of drug-likeness (QED) is 0.255. The number of esters is 1. The van der Waals surface area contributed by atoms with Gasteiger partial charge in [0.15, 0.2) is 5.17 Å². The van der Waals surface area contributed by atoms with Crippen LogP contribution in [0.2, 0.25) is 0 Å². The van der Waals surface area contributed by atoms with Crippen LogP contribution >= 0.6 is 11.8 Å². The summed E-state index contributed by atoms with van der Waals surface area (Å²) in [5.41, 5.74) is 2.46. The predicted octanol–water partition coefficient (Wildman–Crippen LogP) is 3.71. The highest BCUT2D eigenvalue weighted by atomic mass is 32.2. The Bertz CT molecular complexity index is 1400. The second-order valence-corrected chi connectivity index (χ2v) is 10.4. The number of thioether (sulfide) groups is 1. The fourth-order valence-corrected chi connectivity index (χ4v) is 5.94. The van der Waals surface area contributed by atoms with E-state index >= 15 is 0 Å². The summed E-state index contributed by atoms with van der Waals surface area (Å²) in [4.78, 5) is 46.7. The second kappa shape index (κ2) is 13.1. The van der Waals surface area contributed by atoms with Crippen molar-refractivity contribution in [1.29, 1.82) is 0 Å². The Labute approximate surface area is 242 Å². The fraction of sp³-hybridized carbons (Fsp3) is 0.345. The number of ether oxygens (including phenoxy) is 2. The number of nitro groups is 1. The van der Waals surface area contributed by atoms with Gasteiger partial charge in [0.2, 0.25) is 5.91 Å². The number of fused-ring (bicyclic) bond motifs is 1. The van der Waals surface area contributed by atoms with Crippen molar-refractivity contribution in [3.63, 3.8) is 0 Å². The third-order valence-corrected chi connectivity index (χ3v) is 7.83. The average molecular weight is 578 g/mol. The van der Waals surface area contributed by atoms with Crippen molar-refractivity contribution in [2.75, 3.05) is 46.0 Å². The molecule has 3 aliphatic heterocycles. The van der Waals surface area contributed by atoms with E-state index < -0.39 is 16.9 Å². The molecule has 5 rings (SSSR count). The number of aliphatic imine (C=N–C) groups is 1. The molecule has 1 unspecified atom stereocenters. The zero-order chi connectivity index (χ0) is 28.8. The lowest BCUT2D eigenvalue weighted by Crippen LogP contribution is -2.42. The van der Waals surface area contributed by atoms with Gasteiger partial charge in [0.25, 0.3) is 5.69 Å². The van der Waals surface area contributed by atoms with Gasteiger partial charge in [0.05, 0.1) is 48.5 Å². The lowest BCUT2D eigenvalue weighted by atomic mass is 9.91. The van der Waals surface area contributed by atoms with Crippen LogP contribution in [0.3, 0.4) is 0 Å². The van der Waals surface area contributed by atoms with Crippen LogP contribution in [0.4, 0.5) is 5.69 Å². The normalized spacial score (nSPS) is 18.9. The molecule has 0 radical (unpaired) electrons. The number of amidine groups is 1. The summed E-state index contributed by atoms with van der Waals surface area (Å²) in [6, 6.07) is 14.7. The Kier molecular flexibility index (Phi) is 9.12. The Hall–Kier alpha value is -4.00. The number of nitro benzene ring substituents is 1. The van der Waals surface area contributed by atoms with E-state index in [1.54, 1.807) is 19.1 Å². The molecule has 3 heterocycles. The molecule has 2 aromatic rings. The van der Waals surface area contributed by atoms with Crippen LogP contribution in [0.5, 0.6) is 0 Å². The smallest absolute Gasteiger partial charge is 0.338 e. The standard InChI is InChI=1S/C29H31N5O6S/c1-2-40-28(36)25-26(20-7-4-3-5-8-20)31-29-33(27(25)21-9-6-10-22(17-21)34(37)38)23(19-41-29)18-24(35)30-11-12-32-13-15-39-16-14-32/h3-10,17,19,27H,2,11-16,18H2,1H3,(H,30,35). The Morgan fingerprint density at radius 2 is 1.95 bits per heavy atom. The van der Waals surface area contributed by atoms with Crippen LogP contribution in [0.25, 0.3) is 5.70 Å². The van der Waals surface area contributed by atoms with Crippen LogP contribution in [-0.2, 0) is 19.1 Å². The van der Waals surface area contributed by atoms with Crippen LogP contribution in [0.1, 0.15) is 30.5 Å². The number of morpholine rings is 1. The van der Waals surface area contributed by atoms with Crippen molar-refractivity contribution in [3.05, 3.63) is 92.5 Å². The van der Waals surface area contributed by atoms with Gasteiger partial charge >= 0.3 is 5.97 Å². The van der Waals surface area contributed by atoms with Gasteiger partial charge < -0.3 is 19.7 Å². The molecule has 3 aliphatic rings. The highest BCUT2D eigenvalue weighted by molar-refractivity contribution is 8.16. The van der Waals surface area contributed by atoms with Crippen molar-refractivity contribution in [1.82, 2.24) is 15.1 Å². The molecule has 0 aliphatic carbocycles. The predicted molar refractivity (Wildman–Crippen MR) is 156 cm³/mol. The van der Waals surface area contributed by atoms with Crippen LogP contribution in [0.15, 0.2) is 76.3 Å². The van der Waals surface area contributed by atoms with Crippen molar-refractivity contribution >= 4 is 40.2 Å². The number of carbonyl (C=O) groups excluding carboxylic acids is 2. The summed E-state index contributed by atoms with van der Waals surface area (Å²) in [5.74, 6) is -0.739. The Morgan fingerprint density at radius 3 is 2.68 bits per heavy atom. The lowest BCUT2D eigenvalue weighted by molar-refractivity contribution is -0.384. The summed E-state index contributed by atoms with van der Waals surface area (Å²) < 4.78 is 10.9. The molecule has 1 atom stereocenters. The number of rotatable bonds is 10. The number of nitrogens with one attached hydrogen (secondary N) is 1. The van der Waals surface area contributed by atoms with Gasteiger partial charge in [-0.2, -0.15) is 0 Å². The molecule has 0 spiro atoms. The number of non-ortho nitro benzene ring substituents is 1. The molecule has 0 bridgehead atoms. The molecule has 41 heavy (non-hydrogen) atoms. The molecule has 214 valence electrons. The molecule has 1 saturated heterocycles. The van der Waals surface area contributed by atoms with Crippen LogP contribution < -0.4 is 5.32 Å². The number of benzene rings is 2. The highest BCUT2D eigenvalue weighted by Gasteiger charge is 2.42. The number of hydrogen-bond donors (Lipinski definition) is 1. The monoisotopic (exact) mass is 577 g/mol. The molecule has 1 amide bonds. The highest BCUT2D eigenvalue weighted by Crippen LogP contribution is 2.47. The zero-order valence-corrected chi connectivity index (χ0v) is 23.5. The number of carbonyl (C=O) groups is 2. The summed E-state index contributed by atoms with van der Waals surface area (Å²) in [6.45, 7) is 6.15. The van der Waals surface area contributed by atoms with Crippen molar-refractivity contribution < 1.29 is 24.0 Å². The minimum Gasteiger partial charge on any atom is -0.463 e. The first kappa shape index (κ1) is 28.5. The Morgan fingerprint density at radius 1 is 1.17 bits per heavy atom. The maximum Gasteiger partial charge on any atom is 0.338 e. The molecule has 11 nitrogen and oxygen atoms in total. The number of nitrogens with zero attached hydrogens (tertiary/aromatic N) is 4. The van der Waals surface area contributed by atoms with Gasteiger partial charge in [-0.25, -0.2) is 9.79 Å². The minimum absolute atomic E-state index is 0.0529. The molecule has 0 aromatic heterocycles. The molecule has 0 saturated carbocycles. The summed E-state index contributed by atoms with van der Waals surface area (Å²) >= 11 is 1.35. The Balaban J connectivity index is 1.48. The fourth-order valence-electron chi connectivity index (χ4n) is 5.02. The maximum absolute atomic E-state index is 13.6. The SMILES string of the molecule is CCOC(=O)C1=C(c2ccccc2)N=C2SC=C(CC(=O)NCCN3CCOCC3)N2C1c1cccc([N+](=O)[O-])c1. The zero-order valence-electron chi connectivity index (χ0n) is 22.7. The average Bonchev–Trinajstić information content (AvgIpc) is 3.39. The molecular weight excluding hydrogens is 546 g/mol. The lowest BCUT2D eigenvalue weighted by Gasteiger charge is -2.36. The maximum atomic E-state index is 13.6. The first-order valence-corrected chi connectivity index (χ1v) is 14.4. The molecular formula is C29H31N5O6S. The van der Waals surface area contributed by atoms with Gasteiger partial charge in [0, 0.05) is 49.6 Å². The minimum atomic E-state index is -0.793. The van der Waals surface area contributed by atoms with Gasteiger partial charge in [-0.15, -0.1) is 0 Å². The molecule has 1 N–H and O–H groups in total. The van der Waals surface area contributed by atoms with Gasteiger partial charge in [-0.1, -0.05) is 54.2 Å². The first-order valence-electron chi connectivity index (χ1n) is 13.5. The van der Waals surface area contributed by atoms with E-state index in [2.05, 4.69) is 10.2 Å². The van der Waals surface area contributed by atoms with E-state index in [1.165, 1.54) is 23.9 Å².